The van der Waals surface area contributed by atoms with Gasteiger partial charge in [-0.25, -0.2) is 4.98 Å². The summed E-state index contributed by atoms with van der Waals surface area (Å²) in [6, 6.07) is 2.52. The normalized spacial score (nSPS) is 26.9. The quantitative estimate of drug-likeness (QED) is 0.835. The van der Waals surface area contributed by atoms with Gasteiger partial charge in [0.1, 0.15) is 0 Å². The molecular formula is C18H27N3O3. The summed E-state index contributed by atoms with van der Waals surface area (Å²) in [5.74, 6) is 0.866. The van der Waals surface area contributed by atoms with Crippen molar-refractivity contribution < 1.29 is 14.3 Å². The van der Waals surface area contributed by atoms with Crippen molar-refractivity contribution in [1.29, 1.82) is 0 Å². The van der Waals surface area contributed by atoms with Gasteiger partial charge in [0.15, 0.2) is 0 Å². The second-order valence-corrected chi connectivity index (χ2v) is 7.03. The number of hydrogen-bond acceptors (Lipinski definition) is 5. The Morgan fingerprint density at radius 2 is 2.29 bits per heavy atom. The third kappa shape index (κ3) is 3.39. The third-order valence-electron chi connectivity index (χ3n) is 5.07. The van der Waals surface area contributed by atoms with Crippen molar-refractivity contribution in [2.24, 2.45) is 5.92 Å². The topological polar surface area (TPSA) is 54.9 Å². The Balaban J connectivity index is 1.77. The molecule has 2 fully saturated rings. The molecule has 0 radical (unpaired) electrons. The van der Waals surface area contributed by atoms with Gasteiger partial charge < -0.3 is 14.4 Å². The van der Waals surface area contributed by atoms with Crippen LogP contribution in [0, 0.1) is 12.8 Å². The number of amides is 1. The van der Waals surface area contributed by atoms with Crippen LogP contribution >= 0.6 is 0 Å². The summed E-state index contributed by atoms with van der Waals surface area (Å²) in [5, 5.41) is 0. The van der Waals surface area contributed by atoms with Crippen LogP contribution in [0.25, 0.3) is 0 Å². The summed E-state index contributed by atoms with van der Waals surface area (Å²) in [7, 11) is 5.29. The highest BCUT2D eigenvalue weighted by atomic mass is 16.5. The Labute approximate surface area is 143 Å². The van der Waals surface area contributed by atoms with Gasteiger partial charge in [-0.3, -0.25) is 9.69 Å². The first-order chi connectivity index (χ1) is 11.5. The number of aromatic nitrogens is 1. The van der Waals surface area contributed by atoms with Crippen molar-refractivity contribution in [3.05, 3.63) is 23.4 Å². The monoisotopic (exact) mass is 333 g/mol. The molecule has 2 aliphatic rings. The Morgan fingerprint density at radius 3 is 2.96 bits per heavy atom. The lowest BCUT2D eigenvalue weighted by atomic mass is 9.89. The van der Waals surface area contributed by atoms with Crippen molar-refractivity contribution in [2.45, 2.75) is 38.5 Å². The average molecular weight is 333 g/mol. The maximum atomic E-state index is 12.4. The summed E-state index contributed by atoms with van der Waals surface area (Å²) in [6.07, 6.45) is 3.90. The number of carbonyl (C=O) groups excluding carboxylic acids is 1. The van der Waals surface area contributed by atoms with Crippen LogP contribution in [0.5, 0.6) is 5.88 Å². The summed E-state index contributed by atoms with van der Waals surface area (Å²) in [6.45, 7) is 4.37. The Morgan fingerprint density at radius 1 is 1.50 bits per heavy atom. The number of methoxy groups -OCH3 is 1. The smallest absolute Gasteiger partial charge is 0.226 e. The molecule has 1 amide bonds. The molecule has 6 heteroatoms. The number of carbonyl (C=O) groups is 1. The summed E-state index contributed by atoms with van der Waals surface area (Å²) in [5.41, 5.74) is 2.18. The second kappa shape index (κ2) is 7.07. The molecule has 6 nitrogen and oxygen atoms in total. The number of likely N-dealkylation sites (tertiary alicyclic amines) is 1. The highest BCUT2D eigenvalue weighted by Gasteiger charge is 2.42. The summed E-state index contributed by atoms with van der Waals surface area (Å²) < 4.78 is 11.1. The van der Waals surface area contributed by atoms with Gasteiger partial charge in [-0.2, -0.15) is 0 Å². The number of piperidine rings is 1. The molecule has 2 aliphatic heterocycles. The lowest BCUT2D eigenvalue weighted by Crippen LogP contribution is -2.52. The van der Waals surface area contributed by atoms with Crippen molar-refractivity contribution in [2.75, 3.05) is 34.4 Å². The molecule has 0 aromatic carbocycles. The van der Waals surface area contributed by atoms with E-state index in [0.29, 0.717) is 11.9 Å². The number of nitrogens with zero attached hydrogens (tertiary/aromatic N) is 3. The van der Waals surface area contributed by atoms with Gasteiger partial charge in [-0.15, -0.1) is 0 Å². The number of aryl methyl sites for hydroxylation is 1. The Bertz CT molecular complexity index is 605. The van der Waals surface area contributed by atoms with Crippen LogP contribution < -0.4 is 4.74 Å². The molecular weight excluding hydrogens is 306 g/mol. The molecule has 132 valence electrons. The van der Waals surface area contributed by atoms with Gasteiger partial charge >= 0.3 is 0 Å². The summed E-state index contributed by atoms with van der Waals surface area (Å²) >= 11 is 0. The molecule has 3 heterocycles. The molecule has 1 aromatic rings. The predicted octanol–water partition coefficient (Wildman–Crippen LogP) is 1.47. The zero-order valence-corrected chi connectivity index (χ0v) is 15.0. The molecule has 1 aromatic heterocycles. The van der Waals surface area contributed by atoms with Gasteiger partial charge in [0.2, 0.25) is 11.8 Å². The van der Waals surface area contributed by atoms with E-state index in [1.54, 1.807) is 12.0 Å². The molecule has 24 heavy (non-hydrogen) atoms. The van der Waals surface area contributed by atoms with Crippen molar-refractivity contribution in [3.63, 3.8) is 0 Å². The van der Waals surface area contributed by atoms with E-state index in [9.17, 15) is 4.79 Å². The van der Waals surface area contributed by atoms with Crippen molar-refractivity contribution >= 4 is 5.91 Å². The van der Waals surface area contributed by atoms with Gasteiger partial charge in [-0.1, -0.05) is 0 Å². The lowest BCUT2D eigenvalue weighted by Gasteiger charge is -2.41. The van der Waals surface area contributed by atoms with Crippen LogP contribution in [0.4, 0.5) is 0 Å². The average Bonchev–Trinajstić information content (AvgIpc) is 3.03. The van der Waals surface area contributed by atoms with Crippen molar-refractivity contribution in [3.8, 4) is 5.88 Å². The van der Waals surface area contributed by atoms with Crippen LogP contribution in [-0.2, 0) is 16.1 Å². The minimum atomic E-state index is 0.00616. The van der Waals surface area contributed by atoms with Gasteiger partial charge in [0, 0.05) is 51.6 Å². The van der Waals surface area contributed by atoms with E-state index in [2.05, 4.69) is 16.0 Å². The molecule has 0 aliphatic carbocycles. The molecule has 0 bridgehead atoms. The highest BCUT2D eigenvalue weighted by molar-refractivity contribution is 5.78. The first-order valence-electron chi connectivity index (χ1n) is 8.56. The molecule has 0 unspecified atom stereocenters. The molecule has 2 saturated heterocycles. The molecule has 0 spiro atoms. The fraction of sp³-hybridized carbons (Fsp3) is 0.667. The fourth-order valence-corrected chi connectivity index (χ4v) is 3.93. The number of ether oxygens (including phenoxy) is 2. The van der Waals surface area contributed by atoms with Crippen LogP contribution in [-0.4, -0.2) is 67.2 Å². The number of rotatable bonds is 4. The van der Waals surface area contributed by atoms with Gasteiger partial charge in [0.05, 0.1) is 19.1 Å². The van der Waals surface area contributed by atoms with Crippen LogP contribution in [0.3, 0.4) is 0 Å². The van der Waals surface area contributed by atoms with E-state index in [-0.39, 0.29) is 17.9 Å². The largest absolute Gasteiger partial charge is 0.481 e. The maximum absolute atomic E-state index is 12.4. The zero-order valence-electron chi connectivity index (χ0n) is 15.0. The van der Waals surface area contributed by atoms with E-state index in [4.69, 9.17) is 9.47 Å². The maximum Gasteiger partial charge on any atom is 0.226 e. The van der Waals surface area contributed by atoms with E-state index in [1.807, 2.05) is 27.2 Å². The van der Waals surface area contributed by atoms with Gasteiger partial charge in [0.25, 0.3) is 0 Å². The zero-order chi connectivity index (χ0) is 17.3. The Kier molecular flexibility index (Phi) is 5.06. The fourth-order valence-electron chi connectivity index (χ4n) is 3.93. The Hall–Kier alpha value is -1.66. The minimum absolute atomic E-state index is 0.00616. The molecule has 3 rings (SSSR count). The van der Waals surface area contributed by atoms with Crippen LogP contribution in [0.2, 0.25) is 0 Å². The predicted molar refractivity (Wildman–Crippen MR) is 90.9 cm³/mol. The minimum Gasteiger partial charge on any atom is -0.481 e. The van der Waals surface area contributed by atoms with Crippen molar-refractivity contribution in [1.82, 2.24) is 14.8 Å². The van der Waals surface area contributed by atoms with Crippen LogP contribution in [0.1, 0.15) is 24.0 Å². The lowest BCUT2D eigenvalue weighted by molar-refractivity contribution is -0.137. The van der Waals surface area contributed by atoms with E-state index in [0.717, 1.165) is 43.7 Å². The van der Waals surface area contributed by atoms with Gasteiger partial charge in [-0.05, 0) is 31.4 Å². The SMILES string of the molecule is COc1ncc(CN2C[C@@H](C(=O)N(C)C)C[C@H]3OCC[C@H]32)cc1C. The molecule has 0 N–H and O–H groups in total. The first-order valence-corrected chi connectivity index (χ1v) is 8.56. The number of fused-ring (bicyclic) bond motifs is 1. The summed E-state index contributed by atoms with van der Waals surface area (Å²) in [4.78, 5) is 20.9. The number of hydrogen-bond donors (Lipinski definition) is 0. The third-order valence-corrected chi connectivity index (χ3v) is 5.07. The molecule has 0 saturated carbocycles. The highest BCUT2D eigenvalue weighted by Crippen LogP contribution is 2.33. The second-order valence-electron chi connectivity index (χ2n) is 7.03. The van der Waals surface area contributed by atoms with E-state index < -0.39 is 0 Å². The van der Waals surface area contributed by atoms with E-state index in [1.165, 1.54) is 0 Å². The standard InChI is InChI=1S/C18H27N3O3/c1-12-7-13(9-19-17(12)23-4)10-21-11-14(18(22)20(2)3)8-16-15(21)5-6-24-16/h7,9,14-16H,5-6,8,10-11H2,1-4H3/t14-,15+,16+/m0/s1. The molecule has 3 atom stereocenters. The first kappa shape index (κ1) is 17.2. The van der Waals surface area contributed by atoms with E-state index >= 15 is 0 Å². The number of pyridine rings is 1. The van der Waals surface area contributed by atoms with Crippen LogP contribution in [0.15, 0.2) is 12.3 Å².